The van der Waals surface area contributed by atoms with Crippen LogP contribution in [0.25, 0.3) is 0 Å². The third-order valence-electron chi connectivity index (χ3n) is 5.58. The number of benzene rings is 1. The average Bonchev–Trinajstić information content (AvgIpc) is 3.18. The Balaban J connectivity index is 1.57. The predicted octanol–water partition coefficient (Wildman–Crippen LogP) is 2.99. The molecule has 22 heavy (non-hydrogen) atoms. The van der Waals surface area contributed by atoms with E-state index < -0.39 is 0 Å². The first-order valence-electron chi connectivity index (χ1n) is 8.14. The zero-order valence-corrected chi connectivity index (χ0v) is 13.9. The van der Waals surface area contributed by atoms with Crippen LogP contribution in [0.15, 0.2) is 41.9 Å². The molecule has 3 heterocycles. The van der Waals surface area contributed by atoms with Gasteiger partial charge in [0.1, 0.15) is 5.01 Å². The molecule has 3 nitrogen and oxygen atoms in total. The Morgan fingerprint density at radius 1 is 1.23 bits per heavy atom. The molecule has 2 saturated heterocycles. The first-order chi connectivity index (χ1) is 10.8. The van der Waals surface area contributed by atoms with Gasteiger partial charge in [-0.15, -0.1) is 11.3 Å². The summed E-state index contributed by atoms with van der Waals surface area (Å²) in [6.45, 7) is 4.56. The third kappa shape index (κ3) is 2.39. The fourth-order valence-corrected chi connectivity index (χ4v) is 4.99. The normalized spacial score (nSPS) is 29.6. The highest BCUT2D eigenvalue weighted by atomic mass is 32.1. The van der Waals surface area contributed by atoms with E-state index in [1.807, 2.05) is 6.20 Å². The smallest absolute Gasteiger partial charge is 0.107 e. The molecular weight excluding hydrogens is 290 g/mol. The number of likely N-dealkylation sites (N-methyl/N-ethyl adjacent to an activating group) is 1. The minimum absolute atomic E-state index is 0.357. The lowest BCUT2D eigenvalue weighted by atomic mass is 9.69. The lowest BCUT2D eigenvalue weighted by Crippen LogP contribution is -2.54. The van der Waals surface area contributed by atoms with E-state index in [2.05, 4.69) is 57.5 Å². The second kappa shape index (κ2) is 5.76. The number of likely N-dealkylation sites (tertiary alicyclic amines) is 2. The van der Waals surface area contributed by atoms with Crippen molar-refractivity contribution in [3.8, 4) is 0 Å². The van der Waals surface area contributed by atoms with E-state index in [0.717, 1.165) is 13.1 Å². The summed E-state index contributed by atoms with van der Waals surface area (Å²) in [6, 6.07) is 11.8. The molecule has 2 aliphatic heterocycles. The van der Waals surface area contributed by atoms with Gasteiger partial charge in [0, 0.05) is 29.6 Å². The van der Waals surface area contributed by atoms with Crippen LogP contribution in [0.1, 0.15) is 23.4 Å². The number of fused-ring (bicyclic) bond motifs is 1. The summed E-state index contributed by atoms with van der Waals surface area (Å²) in [5, 5.41) is 3.32. The van der Waals surface area contributed by atoms with Gasteiger partial charge in [-0.2, -0.15) is 0 Å². The molecule has 4 rings (SSSR count). The molecular formula is C18H23N3S. The first-order valence-corrected chi connectivity index (χ1v) is 9.02. The SMILES string of the molecule is CN1CC[C@]2(c3ccccc3)CCN(Cc3nccs3)C[C@@H]12. The number of thiazole rings is 1. The number of nitrogens with zero attached hydrogens (tertiary/aromatic N) is 3. The molecule has 1 aromatic heterocycles. The molecule has 0 radical (unpaired) electrons. The Kier molecular flexibility index (Phi) is 3.76. The standard InChI is InChI=1S/C18H23N3S/c1-20-10-7-18(15-5-3-2-4-6-15)8-11-21(13-16(18)20)14-17-19-9-12-22-17/h2-6,9,12,16H,7-8,10-11,13-14H2,1H3/t16-,18-/m1/s1. The fraction of sp³-hybridized carbons (Fsp3) is 0.500. The van der Waals surface area contributed by atoms with E-state index >= 15 is 0 Å². The Hall–Kier alpha value is -1.23. The quantitative estimate of drug-likeness (QED) is 0.868. The molecule has 0 N–H and O–H groups in total. The lowest BCUT2D eigenvalue weighted by molar-refractivity contribution is 0.0916. The number of piperidine rings is 1. The molecule has 0 aliphatic carbocycles. The summed E-state index contributed by atoms with van der Waals surface area (Å²) >= 11 is 1.77. The number of hydrogen-bond donors (Lipinski definition) is 0. The Morgan fingerprint density at radius 2 is 2.05 bits per heavy atom. The van der Waals surface area contributed by atoms with Crippen LogP contribution in [0, 0.1) is 0 Å². The van der Waals surface area contributed by atoms with Gasteiger partial charge >= 0.3 is 0 Å². The molecule has 0 bridgehead atoms. The minimum Gasteiger partial charge on any atom is -0.301 e. The molecule has 0 spiro atoms. The van der Waals surface area contributed by atoms with Crippen LogP contribution in [-0.4, -0.2) is 47.5 Å². The summed E-state index contributed by atoms with van der Waals surface area (Å²) in [6.07, 6.45) is 4.47. The summed E-state index contributed by atoms with van der Waals surface area (Å²) < 4.78 is 0. The highest BCUT2D eigenvalue weighted by Crippen LogP contribution is 2.45. The maximum Gasteiger partial charge on any atom is 0.107 e. The lowest BCUT2D eigenvalue weighted by Gasteiger charge is -2.46. The van der Waals surface area contributed by atoms with Crippen molar-refractivity contribution in [3.05, 3.63) is 52.5 Å². The van der Waals surface area contributed by atoms with Crippen molar-refractivity contribution in [2.45, 2.75) is 30.8 Å². The minimum atomic E-state index is 0.357. The number of hydrogen-bond acceptors (Lipinski definition) is 4. The highest BCUT2D eigenvalue weighted by molar-refractivity contribution is 7.09. The van der Waals surface area contributed by atoms with Crippen LogP contribution in [0.5, 0.6) is 0 Å². The van der Waals surface area contributed by atoms with Crippen LogP contribution in [0.4, 0.5) is 0 Å². The van der Waals surface area contributed by atoms with Crippen molar-refractivity contribution >= 4 is 11.3 Å². The molecule has 4 heteroatoms. The summed E-state index contributed by atoms with van der Waals surface area (Å²) in [4.78, 5) is 9.61. The van der Waals surface area contributed by atoms with Crippen LogP contribution in [0.3, 0.4) is 0 Å². The molecule has 0 saturated carbocycles. The van der Waals surface area contributed by atoms with E-state index in [-0.39, 0.29) is 0 Å². The van der Waals surface area contributed by atoms with Crippen LogP contribution in [0.2, 0.25) is 0 Å². The van der Waals surface area contributed by atoms with Gasteiger partial charge in [-0.05, 0) is 38.5 Å². The maximum atomic E-state index is 4.45. The van der Waals surface area contributed by atoms with Gasteiger partial charge in [-0.3, -0.25) is 4.90 Å². The Bertz CT molecular complexity index is 613. The van der Waals surface area contributed by atoms with Gasteiger partial charge in [-0.25, -0.2) is 4.98 Å². The van der Waals surface area contributed by atoms with E-state index in [9.17, 15) is 0 Å². The van der Waals surface area contributed by atoms with Gasteiger partial charge in [0.25, 0.3) is 0 Å². The monoisotopic (exact) mass is 313 g/mol. The van der Waals surface area contributed by atoms with E-state index in [0.29, 0.717) is 11.5 Å². The molecule has 0 amide bonds. The summed E-state index contributed by atoms with van der Waals surface area (Å²) in [7, 11) is 2.29. The van der Waals surface area contributed by atoms with Crippen LogP contribution >= 0.6 is 11.3 Å². The second-order valence-corrected chi connectivity index (χ2v) is 7.66. The van der Waals surface area contributed by atoms with Crippen molar-refractivity contribution in [2.24, 2.45) is 0 Å². The van der Waals surface area contributed by atoms with Crippen molar-refractivity contribution in [3.63, 3.8) is 0 Å². The highest BCUT2D eigenvalue weighted by Gasteiger charge is 2.49. The largest absolute Gasteiger partial charge is 0.301 e. The molecule has 2 aliphatic rings. The van der Waals surface area contributed by atoms with Gasteiger partial charge in [0.05, 0.1) is 6.54 Å². The predicted molar refractivity (Wildman–Crippen MR) is 91.2 cm³/mol. The summed E-state index contributed by atoms with van der Waals surface area (Å²) in [5.41, 5.74) is 1.90. The molecule has 2 fully saturated rings. The molecule has 2 aromatic rings. The fourth-order valence-electron chi connectivity index (χ4n) is 4.34. The van der Waals surface area contributed by atoms with Crippen LogP contribution < -0.4 is 0 Å². The van der Waals surface area contributed by atoms with E-state index in [1.54, 1.807) is 16.9 Å². The van der Waals surface area contributed by atoms with Crippen molar-refractivity contribution in [1.82, 2.24) is 14.8 Å². The van der Waals surface area contributed by atoms with E-state index in [4.69, 9.17) is 0 Å². The third-order valence-corrected chi connectivity index (χ3v) is 6.34. The van der Waals surface area contributed by atoms with Crippen LogP contribution in [-0.2, 0) is 12.0 Å². The zero-order valence-electron chi connectivity index (χ0n) is 13.1. The second-order valence-electron chi connectivity index (χ2n) is 6.68. The van der Waals surface area contributed by atoms with Gasteiger partial charge in [-0.1, -0.05) is 30.3 Å². The Morgan fingerprint density at radius 3 is 2.82 bits per heavy atom. The van der Waals surface area contributed by atoms with Gasteiger partial charge in [0.2, 0.25) is 0 Å². The van der Waals surface area contributed by atoms with Gasteiger partial charge < -0.3 is 4.90 Å². The zero-order chi connectivity index (χ0) is 15.0. The summed E-state index contributed by atoms with van der Waals surface area (Å²) in [5.74, 6) is 0. The van der Waals surface area contributed by atoms with Crippen molar-refractivity contribution in [1.29, 1.82) is 0 Å². The molecule has 2 atom stereocenters. The van der Waals surface area contributed by atoms with Crippen molar-refractivity contribution in [2.75, 3.05) is 26.7 Å². The maximum absolute atomic E-state index is 4.45. The molecule has 116 valence electrons. The Labute approximate surface area is 136 Å². The molecule has 1 aromatic carbocycles. The topological polar surface area (TPSA) is 19.4 Å². The number of rotatable bonds is 3. The van der Waals surface area contributed by atoms with E-state index in [1.165, 1.54) is 30.9 Å². The first kappa shape index (κ1) is 14.4. The van der Waals surface area contributed by atoms with Crippen molar-refractivity contribution < 1.29 is 0 Å². The molecule has 0 unspecified atom stereocenters. The number of aromatic nitrogens is 1. The average molecular weight is 313 g/mol. The van der Waals surface area contributed by atoms with Gasteiger partial charge in [0.15, 0.2) is 0 Å².